The van der Waals surface area contributed by atoms with E-state index in [1.165, 1.54) is 0 Å². The Bertz CT molecular complexity index is 391. The molecule has 0 saturated carbocycles. The van der Waals surface area contributed by atoms with E-state index in [0.29, 0.717) is 12.5 Å². The van der Waals surface area contributed by atoms with E-state index in [0.717, 1.165) is 11.3 Å². The molecule has 0 unspecified atom stereocenters. The van der Waals surface area contributed by atoms with Crippen LogP contribution in [0.5, 0.6) is 0 Å². The Kier molecular flexibility index (Phi) is 5.65. The van der Waals surface area contributed by atoms with Crippen LogP contribution in [-0.4, -0.2) is 25.8 Å². The largest absolute Gasteiger partial charge is 0.383 e. The molecule has 0 heterocycles. The Hall–Kier alpha value is -1.55. The maximum absolute atomic E-state index is 11.8. The molecule has 0 bridgehead atoms. The van der Waals surface area contributed by atoms with Crippen molar-refractivity contribution in [1.29, 1.82) is 0 Å². The van der Waals surface area contributed by atoms with E-state index >= 15 is 0 Å². The Balaban J connectivity index is 2.64. The highest BCUT2D eigenvalue weighted by molar-refractivity contribution is 5.90. The lowest BCUT2D eigenvalue weighted by atomic mass is 10.0. The van der Waals surface area contributed by atoms with Gasteiger partial charge in [-0.3, -0.25) is 0 Å². The molecule has 1 aromatic carbocycles. The third kappa shape index (κ3) is 4.37. The van der Waals surface area contributed by atoms with Crippen LogP contribution in [0.4, 0.5) is 10.5 Å². The van der Waals surface area contributed by atoms with E-state index in [2.05, 4.69) is 24.5 Å². The molecule has 4 heteroatoms. The molecular weight excluding hydrogens is 228 g/mol. The second kappa shape index (κ2) is 7.01. The van der Waals surface area contributed by atoms with Crippen molar-refractivity contribution in [3.8, 4) is 0 Å². The lowest BCUT2D eigenvalue weighted by Gasteiger charge is -2.16. The topological polar surface area (TPSA) is 50.4 Å². The second-order valence-electron chi connectivity index (χ2n) is 4.70. The van der Waals surface area contributed by atoms with Crippen LogP contribution >= 0.6 is 0 Å². The number of amides is 2. The molecular formula is C14H22N2O2. The number of rotatable bonds is 5. The lowest BCUT2D eigenvalue weighted by molar-refractivity contribution is 0.173. The summed E-state index contributed by atoms with van der Waals surface area (Å²) < 4.78 is 4.97. The highest BCUT2D eigenvalue weighted by Crippen LogP contribution is 2.23. The fourth-order valence-electron chi connectivity index (χ4n) is 1.79. The first-order valence-electron chi connectivity index (χ1n) is 6.20. The van der Waals surface area contributed by atoms with Crippen LogP contribution in [0.2, 0.25) is 0 Å². The molecule has 0 spiro atoms. The summed E-state index contributed by atoms with van der Waals surface area (Å²) in [5, 5.41) is 5.70. The molecule has 1 atom stereocenters. The maximum Gasteiger partial charge on any atom is 0.319 e. The lowest BCUT2D eigenvalue weighted by Crippen LogP contribution is -2.38. The van der Waals surface area contributed by atoms with Crippen molar-refractivity contribution in [3.05, 3.63) is 29.8 Å². The summed E-state index contributed by atoms with van der Waals surface area (Å²) in [5.74, 6) is 0.373. The Morgan fingerprint density at radius 2 is 1.94 bits per heavy atom. The van der Waals surface area contributed by atoms with Gasteiger partial charge in [0.2, 0.25) is 0 Å². The van der Waals surface area contributed by atoms with Crippen LogP contribution in [0.1, 0.15) is 32.3 Å². The van der Waals surface area contributed by atoms with Gasteiger partial charge in [0.25, 0.3) is 0 Å². The monoisotopic (exact) mass is 250 g/mol. The molecule has 1 aromatic rings. The van der Waals surface area contributed by atoms with E-state index < -0.39 is 0 Å². The minimum Gasteiger partial charge on any atom is -0.383 e. The third-order valence-corrected chi connectivity index (χ3v) is 2.63. The van der Waals surface area contributed by atoms with Crippen LogP contribution < -0.4 is 10.6 Å². The average Bonchev–Trinajstić information content (AvgIpc) is 2.29. The number of methoxy groups -OCH3 is 1. The Labute approximate surface area is 109 Å². The van der Waals surface area contributed by atoms with Gasteiger partial charge in [-0.15, -0.1) is 0 Å². The van der Waals surface area contributed by atoms with E-state index in [-0.39, 0.29) is 12.1 Å². The first-order chi connectivity index (χ1) is 8.54. The second-order valence-corrected chi connectivity index (χ2v) is 4.70. The molecule has 0 aliphatic heterocycles. The van der Waals surface area contributed by atoms with Crippen molar-refractivity contribution in [3.63, 3.8) is 0 Å². The van der Waals surface area contributed by atoms with Gasteiger partial charge in [-0.1, -0.05) is 32.0 Å². The van der Waals surface area contributed by atoms with Gasteiger partial charge in [0.05, 0.1) is 12.6 Å². The number of para-hydroxylation sites is 1. The van der Waals surface area contributed by atoms with Gasteiger partial charge in [-0.25, -0.2) is 4.79 Å². The fourth-order valence-corrected chi connectivity index (χ4v) is 1.79. The smallest absolute Gasteiger partial charge is 0.319 e. The van der Waals surface area contributed by atoms with E-state index in [4.69, 9.17) is 4.74 Å². The number of nitrogens with one attached hydrogen (secondary N) is 2. The molecule has 0 fully saturated rings. The molecule has 18 heavy (non-hydrogen) atoms. The van der Waals surface area contributed by atoms with Crippen molar-refractivity contribution in [2.75, 3.05) is 19.0 Å². The summed E-state index contributed by atoms with van der Waals surface area (Å²) in [5.41, 5.74) is 1.99. The fraction of sp³-hybridized carbons (Fsp3) is 0.500. The molecule has 0 aromatic heterocycles. The van der Waals surface area contributed by atoms with Crippen LogP contribution in [0.3, 0.4) is 0 Å². The molecule has 0 aliphatic rings. The van der Waals surface area contributed by atoms with Crippen molar-refractivity contribution in [1.82, 2.24) is 5.32 Å². The number of carbonyl (C=O) groups is 1. The van der Waals surface area contributed by atoms with E-state index in [1.807, 2.05) is 31.2 Å². The number of carbonyl (C=O) groups excluding carboxylic acids is 1. The average molecular weight is 250 g/mol. The Morgan fingerprint density at radius 1 is 1.28 bits per heavy atom. The highest BCUT2D eigenvalue weighted by atomic mass is 16.5. The van der Waals surface area contributed by atoms with Crippen molar-refractivity contribution < 1.29 is 9.53 Å². The zero-order valence-corrected chi connectivity index (χ0v) is 11.5. The molecule has 4 nitrogen and oxygen atoms in total. The predicted molar refractivity (Wildman–Crippen MR) is 74.0 cm³/mol. The van der Waals surface area contributed by atoms with Crippen LogP contribution in [0, 0.1) is 0 Å². The number of hydrogen-bond acceptors (Lipinski definition) is 2. The van der Waals surface area contributed by atoms with Crippen molar-refractivity contribution >= 4 is 11.7 Å². The third-order valence-electron chi connectivity index (χ3n) is 2.63. The standard InChI is InChI=1S/C14H22N2O2/c1-10(2)12-7-5-6-8-13(12)16-14(17)15-11(3)9-18-4/h5-8,10-11H,9H2,1-4H3,(H2,15,16,17)/t11-/m0/s1. The van der Waals surface area contributed by atoms with E-state index in [1.54, 1.807) is 7.11 Å². The summed E-state index contributed by atoms with van der Waals surface area (Å²) in [6, 6.07) is 7.62. The highest BCUT2D eigenvalue weighted by Gasteiger charge is 2.10. The van der Waals surface area contributed by atoms with Crippen molar-refractivity contribution in [2.24, 2.45) is 0 Å². The summed E-state index contributed by atoms with van der Waals surface area (Å²) in [6.07, 6.45) is 0. The van der Waals surface area contributed by atoms with Crippen LogP contribution in [-0.2, 0) is 4.74 Å². The van der Waals surface area contributed by atoms with Gasteiger partial charge in [0.1, 0.15) is 0 Å². The quantitative estimate of drug-likeness (QED) is 0.844. The molecule has 1 rings (SSSR count). The van der Waals surface area contributed by atoms with Gasteiger partial charge in [0.15, 0.2) is 0 Å². The number of urea groups is 1. The normalized spacial score (nSPS) is 12.3. The summed E-state index contributed by atoms with van der Waals surface area (Å²) in [7, 11) is 1.62. The summed E-state index contributed by atoms with van der Waals surface area (Å²) in [6.45, 7) is 6.61. The van der Waals surface area contributed by atoms with Crippen LogP contribution in [0.25, 0.3) is 0 Å². The van der Waals surface area contributed by atoms with Crippen LogP contribution in [0.15, 0.2) is 24.3 Å². The predicted octanol–water partition coefficient (Wildman–Crippen LogP) is 2.97. The molecule has 2 amide bonds. The maximum atomic E-state index is 11.8. The first kappa shape index (κ1) is 14.5. The zero-order valence-electron chi connectivity index (χ0n) is 11.5. The van der Waals surface area contributed by atoms with Gasteiger partial charge >= 0.3 is 6.03 Å². The van der Waals surface area contributed by atoms with Gasteiger partial charge in [-0.2, -0.15) is 0 Å². The molecule has 0 aliphatic carbocycles. The molecule has 0 saturated heterocycles. The van der Waals surface area contributed by atoms with Gasteiger partial charge in [-0.05, 0) is 24.5 Å². The Morgan fingerprint density at radius 3 is 2.56 bits per heavy atom. The number of hydrogen-bond donors (Lipinski definition) is 2. The summed E-state index contributed by atoms with van der Waals surface area (Å²) in [4.78, 5) is 11.8. The van der Waals surface area contributed by atoms with Crippen molar-refractivity contribution in [2.45, 2.75) is 32.7 Å². The number of anilines is 1. The SMILES string of the molecule is COC[C@H](C)NC(=O)Nc1ccccc1C(C)C. The first-order valence-corrected chi connectivity index (χ1v) is 6.20. The van der Waals surface area contributed by atoms with Gasteiger partial charge in [0, 0.05) is 12.8 Å². The molecule has 0 radical (unpaired) electrons. The zero-order chi connectivity index (χ0) is 13.5. The number of ether oxygens (including phenoxy) is 1. The molecule has 2 N–H and O–H groups in total. The van der Waals surface area contributed by atoms with Gasteiger partial charge < -0.3 is 15.4 Å². The summed E-state index contributed by atoms with van der Waals surface area (Å²) >= 11 is 0. The minimum atomic E-state index is -0.201. The number of benzene rings is 1. The minimum absolute atomic E-state index is 0.0128. The molecule has 100 valence electrons. The van der Waals surface area contributed by atoms with E-state index in [9.17, 15) is 4.79 Å².